The van der Waals surface area contributed by atoms with Crippen LogP contribution in [-0.2, 0) is 9.53 Å². The number of hydrogen-bond donors (Lipinski definition) is 3. The molecule has 0 bridgehead atoms. The van der Waals surface area contributed by atoms with Gasteiger partial charge in [-0.05, 0) is 42.2 Å². The fourth-order valence-corrected chi connectivity index (χ4v) is 4.68. The van der Waals surface area contributed by atoms with Gasteiger partial charge in [-0.2, -0.15) is 0 Å². The van der Waals surface area contributed by atoms with E-state index >= 15 is 0 Å². The predicted octanol–water partition coefficient (Wildman–Crippen LogP) is 6.01. The molecule has 0 saturated heterocycles. The Morgan fingerprint density at radius 1 is 1.11 bits per heavy atom. The van der Waals surface area contributed by atoms with Crippen molar-refractivity contribution in [1.82, 2.24) is 25.2 Å². The molecule has 0 aliphatic heterocycles. The van der Waals surface area contributed by atoms with Crippen molar-refractivity contribution in [3.05, 3.63) is 54.5 Å². The van der Waals surface area contributed by atoms with Crippen molar-refractivity contribution >= 4 is 38.7 Å². The van der Waals surface area contributed by atoms with Crippen LogP contribution < -0.4 is 11.1 Å². The number of benzene rings is 2. The number of ether oxygens (including phenoxy) is 1. The third-order valence-corrected chi connectivity index (χ3v) is 6.59. The van der Waals surface area contributed by atoms with Crippen LogP contribution in [0.1, 0.15) is 52.4 Å². The van der Waals surface area contributed by atoms with Gasteiger partial charge in [0.1, 0.15) is 12.4 Å². The molecule has 202 valence electrons. The van der Waals surface area contributed by atoms with Crippen LogP contribution in [0, 0.1) is 0 Å². The Balaban J connectivity index is 0.00000127. The van der Waals surface area contributed by atoms with Crippen molar-refractivity contribution in [3.63, 3.8) is 0 Å². The molecular weight excluding hydrogens is 500 g/mol. The van der Waals surface area contributed by atoms with E-state index in [0.29, 0.717) is 17.5 Å². The normalized spacial score (nSPS) is 11.4. The summed E-state index contributed by atoms with van der Waals surface area (Å²) in [5, 5.41) is 3.01. The lowest BCUT2D eigenvalue weighted by atomic mass is 10.0. The van der Waals surface area contributed by atoms with E-state index in [4.69, 9.17) is 5.73 Å². The Labute approximate surface area is 227 Å². The fourth-order valence-electron chi connectivity index (χ4n) is 3.90. The molecule has 4 N–H and O–H groups in total. The van der Waals surface area contributed by atoms with Crippen molar-refractivity contribution in [1.29, 1.82) is 0 Å². The lowest BCUT2D eigenvalue weighted by Gasteiger charge is -2.27. The summed E-state index contributed by atoms with van der Waals surface area (Å²) < 4.78 is 5.61. The average molecular weight is 537 g/mol. The third-order valence-electron chi connectivity index (χ3n) is 5.75. The Kier molecular flexibility index (Phi) is 10.2. The van der Waals surface area contributed by atoms with Gasteiger partial charge in [0.25, 0.3) is 0 Å². The summed E-state index contributed by atoms with van der Waals surface area (Å²) in [6.45, 7) is 8.58. The van der Waals surface area contributed by atoms with Crippen LogP contribution in [-0.4, -0.2) is 52.1 Å². The third kappa shape index (κ3) is 7.10. The standard InChI is InChI=1S/C25H28N6O3S.C3H8/c1-4-11-31(22(32)14-28-25(33)34-3)15(2)23-27-13-20(29-23)17-7-5-16(6-8-17)18-9-10-19-21(12-18)35-24(26)30-19;1-3-2/h5-10,12-13,15H,4,11,14H2,1-3H3,(H2,26,30)(H,27,29)(H,28,33);3H2,1-2H3. The Morgan fingerprint density at radius 3 is 2.42 bits per heavy atom. The zero-order valence-electron chi connectivity index (χ0n) is 22.6. The number of H-pyrrole nitrogens is 1. The fraction of sp³-hybridized carbons (Fsp3) is 0.357. The van der Waals surface area contributed by atoms with Crippen LogP contribution in [0.5, 0.6) is 0 Å². The van der Waals surface area contributed by atoms with Gasteiger partial charge in [0.05, 0.1) is 35.3 Å². The second kappa shape index (κ2) is 13.6. The highest BCUT2D eigenvalue weighted by Crippen LogP contribution is 2.30. The largest absolute Gasteiger partial charge is 0.453 e. The van der Waals surface area contributed by atoms with E-state index in [9.17, 15) is 9.59 Å². The van der Waals surface area contributed by atoms with E-state index in [1.165, 1.54) is 24.9 Å². The summed E-state index contributed by atoms with van der Waals surface area (Å²) in [7, 11) is 1.26. The van der Waals surface area contributed by atoms with E-state index in [2.05, 4.69) is 57.1 Å². The lowest BCUT2D eigenvalue weighted by Crippen LogP contribution is -2.42. The molecule has 0 saturated carbocycles. The van der Waals surface area contributed by atoms with Crippen molar-refractivity contribution in [3.8, 4) is 22.4 Å². The van der Waals surface area contributed by atoms with Gasteiger partial charge in [-0.25, -0.2) is 14.8 Å². The number of methoxy groups -OCH3 is 1. The molecule has 1 unspecified atom stereocenters. The van der Waals surface area contributed by atoms with Crippen molar-refractivity contribution < 1.29 is 14.3 Å². The summed E-state index contributed by atoms with van der Waals surface area (Å²) >= 11 is 1.48. The number of amides is 2. The van der Waals surface area contributed by atoms with Gasteiger partial charge >= 0.3 is 6.09 Å². The predicted molar refractivity (Wildman–Crippen MR) is 154 cm³/mol. The average Bonchev–Trinajstić information content (AvgIpc) is 3.56. The number of fused-ring (bicyclic) bond motifs is 1. The second-order valence-electron chi connectivity index (χ2n) is 8.81. The number of imidazole rings is 1. The Bertz CT molecular complexity index is 1350. The molecule has 2 heterocycles. The number of hydrogen-bond acceptors (Lipinski definition) is 7. The molecule has 10 heteroatoms. The van der Waals surface area contributed by atoms with Crippen LogP contribution in [0.2, 0.25) is 0 Å². The highest BCUT2D eigenvalue weighted by atomic mass is 32.1. The molecule has 0 aliphatic carbocycles. The summed E-state index contributed by atoms with van der Waals surface area (Å²) in [5.41, 5.74) is 10.8. The van der Waals surface area contributed by atoms with Crippen LogP contribution in [0.25, 0.3) is 32.6 Å². The first-order valence-corrected chi connectivity index (χ1v) is 13.6. The quantitative estimate of drug-likeness (QED) is 0.253. The molecule has 0 spiro atoms. The zero-order valence-corrected chi connectivity index (χ0v) is 23.4. The zero-order chi connectivity index (χ0) is 27.7. The maximum absolute atomic E-state index is 12.7. The first-order valence-electron chi connectivity index (χ1n) is 12.7. The molecule has 0 aliphatic rings. The smallest absolute Gasteiger partial charge is 0.407 e. The molecule has 2 aromatic heterocycles. The number of aromatic amines is 1. The maximum Gasteiger partial charge on any atom is 0.407 e. The number of nitrogens with zero attached hydrogens (tertiary/aromatic N) is 3. The van der Waals surface area contributed by atoms with Gasteiger partial charge < -0.3 is 25.7 Å². The number of rotatable bonds is 8. The number of nitrogen functional groups attached to an aromatic ring is 1. The van der Waals surface area contributed by atoms with E-state index in [-0.39, 0.29) is 18.5 Å². The number of carbonyl (C=O) groups excluding carboxylic acids is 2. The number of carbonyl (C=O) groups is 2. The monoisotopic (exact) mass is 536 g/mol. The summed E-state index contributed by atoms with van der Waals surface area (Å²) in [6, 6.07) is 14.1. The number of aromatic nitrogens is 3. The molecule has 2 aromatic carbocycles. The van der Waals surface area contributed by atoms with Crippen LogP contribution >= 0.6 is 11.3 Å². The Hall–Kier alpha value is -3.92. The summed E-state index contributed by atoms with van der Waals surface area (Å²) in [6.07, 6.45) is 3.17. The van der Waals surface area contributed by atoms with Crippen LogP contribution in [0.15, 0.2) is 48.7 Å². The van der Waals surface area contributed by atoms with E-state index in [1.54, 1.807) is 11.1 Å². The minimum absolute atomic E-state index is 0.133. The topological polar surface area (TPSA) is 126 Å². The molecule has 9 nitrogen and oxygen atoms in total. The molecule has 38 heavy (non-hydrogen) atoms. The van der Waals surface area contributed by atoms with Crippen molar-refractivity contribution in [2.24, 2.45) is 0 Å². The van der Waals surface area contributed by atoms with Gasteiger partial charge in [0.2, 0.25) is 5.91 Å². The summed E-state index contributed by atoms with van der Waals surface area (Å²) in [5.74, 6) is 0.476. The number of thiazole rings is 1. The van der Waals surface area contributed by atoms with Gasteiger partial charge in [-0.1, -0.05) is 68.9 Å². The molecule has 4 aromatic rings. The number of alkyl carbamates (subject to hydrolysis) is 1. The van der Waals surface area contributed by atoms with Crippen molar-refractivity contribution in [2.45, 2.75) is 46.6 Å². The molecule has 0 fully saturated rings. The SMILES string of the molecule is CCC.CCCN(C(=O)CNC(=O)OC)C(C)c1ncc(-c2ccc(-c3ccc4nc(N)sc4c3)cc2)[nH]1. The van der Waals surface area contributed by atoms with Crippen LogP contribution in [0.3, 0.4) is 0 Å². The molecular formula is C28H36N6O3S. The van der Waals surface area contributed by atoms with E-state index in [1.807, 2.05) is 38.1 Å². The Morgan fingerprint density at radius 2 is 1.76 bits per heavy atom. The second-order valence-corrected chi connectivity index (χ2v) is 9.87. The number of nitrogens with two attached hydrogens (primary N) is 1. The molecule has 4 rings (SSSR count). The van der Waals surface area contributed by atoms with E-state index in [0.717, 1.165) is 39.0 Å². The van der Waals surface area contributed by atoms with Crippen molar-refractivity contribution in [2.75, 3.05) is 25.9 Å². The van der Waals surface area contributed by atoms with Gasteiger partial charge in [-0.15, -0.1) is 0 Å². The maximum atomic E-state index is 12.7. The highest BCUT2D eigenvalue weighted by molar-refractivity contribution is 7.22. The van der Waals surface area contributed by atoms with Gasteiger partial charge in [-0.3, -0.25) is 4.79 Å². The number of nitrogens with one attached hydrogen (secondary N) is 2. The first-order chi connectivity index (χ1) is 18.3. The molecule has 2 amide bonds. The van der Waals surface area contributed by atoms with Crippen LogP contribution in [0.4, 0.5) is 9.93 Å². The first kappa shape index (κ1) is 28.6. The van der Waals surface area contributed by atoms with Gasteiger partial charge in [0.15, 0.2) is 5.13 Å². The summed E-state index contributed by atoms with van der Waals surface area (Å²) in [4.78, 5) is 37.9. The van der Waals surface area contributed by atoms with Gasteiger partial charge in [0, 0.05) is 6.54 Å². The van der Waals surface area contributed by atoms with E-state index < -0.39 is 6.09 Å². The minimum atomic E-state index is -0.637. The number of anilines is 1. The lowest BCUT2D eigenvalue weighted by molar-refractivity contribution is -0.132. The molecule has 1 atom stereocenters. The molecule has 0 radical (unpaired) electrons. The minimum Gasteiger partial charge on any atom is -0.453 e. The highest BCUT2D eigenvalue weighted by Gasteiger charge is 2.23.